The lowest BCUT2D eigenvalue weighted by molar-refractivity contribution is -0.149. The minimum atomic E-state index is -3.82. The van der Waals surface area contributed by atoms with Gasteiger partial charge in [-0.2, -0.15) is 0 Å². The first-order chi connectivity index (χ1) is 13.4. The van der Waals surface area contributed by atoms with Gasteiger partial charge in [-0.1, -0.05) is 48.5 Å². The summed E-state index contributed by atoms with van der Waals surface area (Å²) >= 11 is 0. The molecule has 0 bridgehead atoms. The van der Waals surface area contributed by atoms with Gasteiger partial charge in [0, 0.05) is 12.6 Å². The summed E-state index contributed by atoms with van der Waals surface area (Å²) in [5.41, 5.74) is 0.775. The summed E-state index contributed by atoms with van der Waals surface area (Å²) in [6.45, 7) is -0.115. The molecule has 1 saturated heterocycles. The monoisotopic (exact) mass is 404 g/mol. The molecule has 148 valence electrons. The summed E-state index contributed by atoms with van der Waals surface area (Å²) in [6.07, 6.45) is -1.30. The quantitative estimate of drug-likeness (QED) is 0.710. The van der Waals surface area contributed by atoms with Crippen LogP contribution in [0.15, 0.2) is 65.6 Å². The second kappa shape index (κ2) is 8.41. The molecule has 0 spiro atoms. The van der Waals surface area contributed by atoms with E-state index in [1.54, 1.807) is 42.5 Å². The molecule has 2 aromatic carbocycles. The van der Waals surface area contributed by atoms with E-state index in [1.807, 2.05) is 6.07 Å². The fourth-order valence-electron chi connectivity index (χ4n) is 3.07. The zero-order valence-electron chi connectivity index (χ0n) is 14.9. The average molecular weight is 404 g/mol. The number of ether oxygens (including phenoxy) is 1. The summed E-state index contributed by atoms with van der Waals surface area (Å²) in [4.78, 5) is 24.9. The van der Waals surface area contributed by atoms with Gasteiger partial charge < -0.3 is 9.84 Å². The van der Waals surface area contributed by atoms with Gasteiger partial charge in [0.05, 0.1) is 4.90 Å². The molecule has 0 unspecified atom stereocenters. The number of carboxylic acid groups (broad SMARTS) is 1. The number of nitrogens with zero attached hydrogens (tertiary/aromatic N) is 1. The molecule has 28 heavy (non-hydrogen) atoms. The highest BCUT2D eigenvalue weighted by Crippen LogP contribution is 2.22. The van der Waals surface area contributed by atoms with Crippen LogP contribution >= 0.6 is 0 Å². The SMILES string of the molecule is O=C(OCc1ccccc1)[C@H]1C[C@H](NS(=O)(=O)c2ccccc2)CN1C(=O)O. The van der Waals surface area contributed by atoms with Crippen molar-refractivity contribution in [2.24, 2.45) is 0 Å². The summed E-state index contributed by atoms with van der Waals surface area (Å²) in [6, 6.07) is 15.0. The number of esters is 1. The fourth-order valence-corrected chi connectivity index (χ4v) is 4.33. The Morgan fingerprint density at radius 3 is 2.29 bits per heavy atom. The van der Waals surface area contributed by atoms with Gasteiger partial charge in [-0.3, -0.25) is 4.90 Å². The number of sulfonamides is 1. The van der Waals surface area contributed by atoms with Gasteiger partial charge in [-0.25, -0.2) is 22.7 Å². The maximum Gasteiger partial charge on any atom is 0.408 e. The summed E-state index contributed by atoms with van der Waals surface area (Å²) in [7, 11) is -3.82. The number of carbonyl (C=O) groups excluding carboxylic acids is 1. The van der Waals surface area contributed by atoms with Crippen molar-refractivity contribution in [3.05, 3.63) is 66.2 Å². The largest absolute Gasteiger partial charge is 0.465 e. The average Bonchev–Trinajstić information content (AvgIpc) is 3.11. The lowest BCUT2D eigenvalue weighted by atomic mass is 10.2. The van der Waals surface area contributed by atoms with Crippen LogP contribution in [-0.2, 0) is 26.2 Å². The van der Waals surface area contributed by atoms with E-state index in [1.165, 1.54) is 12.1 Å². The first-order valence-corrected chi connectivity index (χ1v) is 10.1. The Hall–Kier alpha value is -2.91. The molecule has 0 saturated carbocycles. The third-order valence-electron chi connectivity index (χ3n) is 4.42. The standard InChI is InChI=1S/C19H20N2O6S/c22-18(27-13-14-7-3-1-4-8-14)17-11-15(12-21(17)19(23)24)20-28(25,26)16-9-5-2-6-10-16/h1-10,15,17,20H,11-13H2,(H,23,24)/t15-,17+/m0/s1. The van der Waals surface area contributed by atoms with Crippen LogP contribution in [-0.4, -0.2) is 49.1 Å². The molecule has 1 aliphatic heterocycles. The molecule has 1 amide bonds. The van der Waals surface area contributed by atoms with E-state index in [-0.39, 0.29) is 24.5 Å². The summed E-state index contributed by atoms with van der Waals surface area (Å²) < 4.78 is 32.6. The minimum absolute atomic E-state index is 0.00594. The fraction of sp³-hybridized carbons (Fsp3) is 0.263. The second-order valence-corrected chi connectivity index (χ2v) is 8.12. The Morgan fingerprint density at radius 2 is 1.68 bits per heavy atom. The molecule has 8 nitrogen and oxygen atoms in total. The van der Waals surface area contributed by atoms with Crippen molar-refractivity contribution in [1.82, 2.24) is 9.62 Å². The minimum Gasteiger partial charge on any atom is -0.465 e. The highest BCUT2D eigenvalue weighted by molar-refractivity contribution is 7.89. The van der Waals surface area contributed by atoms with E-state index in [4.69, 9.17) is 4.74 Å². The van der Waals surface area contributed by atoms with Gasteiger partial charge >= 0.3 is 12.1 Å². The van der Waals surface area contributed by atoms with Gasteiger partial charge in [-0.15, -0.1) is 0 Å². The molecule has 0 radical (unpaired) electrons. The third-order valence-corrected chi connectivity index (χ3v) is 5.95. The van der Waals surface area contributed by atoms with Crippen LogP contribution in [0, 0.1) is 0 Å². The molecule has 2 aromatic rings. The van der Waals surface area contributed by atoms with Crippen molar-refractivity contribution in [3.63, 3.8) is 0 Å². The lowest BCUT2D eigenvalue weighted by Gasteiger charge is -2.19. The Labute approximate surface area is 162 Å². The summed E-state index contributed by atoms with van der Waals surface area (Å²) in [5, 5.41) is 9.39. The maximum atomic E-state index is 12.5. The number of benzene rings is 2. The van der Waals surface area contributed by atoms with Crippen LogP contribution in [0.4, 0.5) is 4.79 Å². The van der Waals surface area contributed by atoms with E-state index in [0.29, 0.717) is 0 Å². The zero-order valence-corrected chi connectivity index (χ0v) is 15.7. The summed E-state index contributed by atoms with van der Waals surface area (Å²) in [5.74, 6) is -0.701. The van der Waals surface area contributed by atoms with Crippen LogP contribution in [0.1, 0.15) is 12.0 Å². The molecule has 1 heterocycles. The van der Waals surface area contributed by atoms with Gasteiger partial charge in [0.25, 0.3) is 0 Å². The molecule has 0 aliphatic carbocycles. The number of carbonyl (C=O) groups is 2. The van der Waals surface area contributed by atoms with Crippen molar-refractivity contribution in [2.75, 3.05) is 6.54 Å². The van der Waals surface area contributed by atoms with E-state index in [9.17, 15) is 23.1 Å². The predicted molar refractivity (Wildman–Crippen MR) is 99.9 cm³/mol. The maximum absolute atomic E-state index is 12.5. The highest BCUT2D eigenvalue weighted by Gasteiger charge is 2.42. The number of rotatable bonds is 6. The Morgan fingerprint density at radius 1 is 1.07 bits per heavy atom. The first kappa shape index (κ1) is 19.8. The molecule has 9 heteroatoms. The van der Waals surface area contributed by atoms with Crippen molar-refractivity contribution in [2.45, 2.75) is 30.0 Å². The number of hydrogen-bond acceptors (Lipinski definition) is 5. The molecule has 1 aliphatic rings. The van der Waals surface area contributed by atoms with Gasteiger partial charge in [-0.05, 0) is 24.1 Å². The van der Waals surface area contributed by atoms with Crippen molar-refractivity contribution < 1.29 is 27.9 Å². The Bertz CT molecular complexity index is 933. The van der Waals surface area contributed by atoms with E-state index < -0.39 is 34.2 Å². The van der Waals surface area contributed by atoms with Crippen molar-refractivity contribution in [3.8, 4) is 0 Å². The molecule has 1 fully saturated rings. The number of nitrogens with one attached hydrogen (secondary N) is 1. The molecule has 2 N–H and O–H groups in total. The van der Waals surface area contributed by atoms with Gasteiger partial charge in [0.15, 0.2) is 0 Å². The number of likely N-dealkylation sites (tertiary alicyclic amines) is 1. The normalized spacial score (nSPS) is 19.4. The van der Waals surface area contributed by atoms with Crippen LogP contribution < -0.4 is 4.72 Å². The zero-order chi connectivity index (χ0) is 20.1. The molecule has 2 atom stereocenters. The van der Waals surface area contributed by atoms with Crippen molar-refractivity contribution in [1.29, 1.82) is 0 Å². The highest BCUT2D eigenvalue weighted by atomic mass is 32.2. The Kier molecular flexibility index (Phi) is 5.96. The first-order valence-electron chi connectivity index (χ1n) is 8.64. The van der Waals surface area contributed by atoms with Crippen LogP contribution in [0.25, 0.3) is 0 Å². The van der Waals surface area contributed by atoms with Crippen LogP contribution in [0.2, 0.25) is 0 Å². The van der Waals surface area contributed by atoms with Crippen LogP contribution in [0.5, 0.6) is 0 Å². The topological polar surface area (TPSA) is 113 Å². The second-order valence-electron chi connectivity index (χ2n) is 6.41. The van der Waals surface area contributed by atoms with Gasteiger partial charge in [0.2, 0.25) is 10.0 Å². The number of amides is 1. The molecular formula is C19H20N2O6S. The molecule has 0 aromatic heterocycles. The van der Waals surface area contributed by atoms with Crippen molar-refractivity contribution >= 4 is 22.1 Å². The lowest BCUT2D eigenvalue weighted by Crippen LogP contribution is -2.41. The third kappa shape index (κ3) is 4.68. The predicted octanol–water partition coefficient (Wildman–Crippen LogP) is 1.83. The van der Waals surface area contributed by atoms with E-state index in [2.05, 4.69) is 4.72 Å². The smallest absolute Gasteiger partial charge is 0.408 e. The van der Waals surface area contributed by atoms with E-state index in [0.717, 1.165) is 10.5 Å². The van der Waals surface area contributed by atoms with E-state index >= 15 is 0 Å². The molecule has 3 rings (SSSR count). The number of hydrogen-bond donors (Lipinski definition) is 2. The van der Waals surface area contributed by atoms with Gasteiger partial charge in [0.1, 0.15) is 12.6 Å². The molecular weight excluding hydrogens is 384 g/mol. The Balaban J connectivity index is 1.67. The van der Waals surface area contributed by atoms with Crippen LogP contribution in [0.3, 0.4) is 0 Å².